The number of hydrogen-bond donors (Lipinski definition) is 0. The molecule has 20 heavy (non-hydrogen) atoms. The van der Waals surface area contributed by atoms with Crippen LogP contribution in [0.1, 0.15) is 25.5 Å². The minimum atomic E-state index is -0.209. The molecule has 2 rings (SSSR count). The molecule has 2 heterocycles. The van der Waals surface area contributed by atoms with Crippen LogP contribution >= 0.6 is 34.5 Å². The van der Waals surface area contributed by atoms with Crippen molar-refractivity contribution in [3.8, 4) is 10.6 Å². The van der Waals surface area contributed by atoms with Crippen LogP contribution in [0.5, 0.6) is 0 Å². The van der Waals surface area contributed by atoms with Crippen molar-refractivity contribution < 1.29 is 13.9 Å². The molecule has 0 unspecified atom stereocenters. The minimum absolute atomic E-state index is 0.0932. The number of thiophene rings is 1. The molecular weight excluding hydrogens is 321 g/mol. The third-order valence-electron chi connectivity index (χ3n) is 2.57. The van der Waals surface area contributed by atoms with E-state index >= 15 is 0 Å². The Labute approximate surface area is 130 Å². The number of esters is 1. The van der Waals surface area contributed by atoms with Crippen LogP contribution in [0.3, 0.4) is 0 Å². The van der Waals surface area contributed by atoms with Gasteiger partial charge in [-0.3, -0.25) is 4.79 Å². The smallest absolute Gasteiger partial charge is 0.305 e. The fourth-order valence-corrected chi connectivity index (χ4v) is 2.98. The second-order valence-electron chi connectivity index (χ2n) is 4.00. The lowest BCUT2D eigenvalue weighted by molar-refractivity contribution is -0.143. The van der Waals surface area contributed by atoms with E-state index in [1.54, 1.807) is 13.0 Å². The summed E-state index contributed by atoms with van der Waals surface area (Å²) in [6.45, 7) is 2.18. The number of carbonyl (C=O) groups excluding carboxylic acids is 1. The van der Waals surface area contributed by atoms with Gasteiger partial charge in [-0.25, -0.2) is 0 Å². The van der Waals surface area contributed by atoms with E-state index in [0.717, 1.165) is 4.88 Å². The Morgan fingerprint density at radius 2 is 2.25 bits per heavy atom. The van der Waals surface area contributed by atoms with Crippen molar-refractivity contribution >= 4 is 40.5 Å². The van der Waals surface area contributed by atoms with Gasteiger partial charge in [-0.2, -0.15) is 4.98 Å². The van der Waals surface area contributed by atoms with E-state index in [-0.39, 0.29) is 11.3 Å². The zero-order valence-electron chi connectivity index (χ0n) is 10.8. The summed E-state index contributed by atoms with van der Waals surface area (Å²) in [6.07, 6.45) is 1.54. The maximum Gasteiger partial charge on any atom is 0.305 e. The fourth-order valence-electron chi connectivity index (χ4n) is 1.75. The average Bonchev–Trinajstić information content (AvgIpc) is 2.96. The zero-order chi connectivity index (χ0) is 14.5. The maximum absolute atomic E-state index is 11.3. The fraction of sp³-hybridized carbons (Fsp3) is 0.385. The highest BCUT2D eigenvalue weighted by molar-refractivity contribution is 7.19. The number of rotatable bonds is 6. The molecule has 0 saturated carbocycles. The molecule has 0 radical (unpaired) electrons. The Balaban J connectivity index is 2.03. The molecule has 2 aromatic rings. The predicted molar refractivity (Wildman–Crippen MR) is 79.4 cm³/mol. The summed E-state index contributed by atoms with van der Waals surface area (Å²) in [5.41, 5.74) is 0.691. The summed E-state index contributed by atoms with van der Waals surface area (Å²) in [4.78, 5) is 16.3. The number of oxazole rings is 1. The highest BCUT2D eigenvalue weighted by Crippen LogP contribution is 2.34. The number of halogens is 2. The van der Waals surface area contributed by atoms with E-state index in [1.165, 1.54) is 11.3 Å². The van der Waals surface area contributed by atoms with Crippen LogP contribution in [0.25, 0.3) is 10.6 Å². The Hall–Kier alpha value is -1.04. The summed E-state index contributed by atoms with van der Waals surface area (Å²) >= 11 is 13.1. The maximum atomic E-state index is 11.3. The first-order chi connectivity index (χ1) is 9.60. The molecule has 0 saturated heterocycles. The molecule has 2 aromatic heterocycles. The predicted octanol–water partition coefficient (Wildman–Crippen LogP) is 4.60. The van der Waals surface area contributed by atoms with E-state index in [1.807, 2.05) is 6.07 Å². The van der Waals surface area contributed by atoms with Crippen molar-refractivity contribution in [2.24, 2.45) is 0 Å². The number of aromatic nitrogens is 1. The molecule has 0 amide bonds. The van der Waals surface area contributed by atoms with Crippen LogP contribution in [0, 0.1) is 0 Å². The molecule has 0 spiro atoms. The van der Waals surface area contributed by atoms with Crippen LogP contribution in [0.4, 0.5) is 0 Å². The lowest BCUT2D eigenvalue weighted by Crippen LogP contribution is -2.04. The lowest BCUT2D eigenvalue weighted by atomic mass is 10.1. The second kappa shape index (κ2) is 7.11. The third-order valence-corrected chi connectivity index (χ3v) is 3.97. The number of aryl methyl sites for hydroxylation is 1. The minimum Gasteiger partial charge on any atom is -0.466 e. The largest absolute Gasteiger partial charge is 0.466 e. The Morgan fingerprint density at radius 1 is 1.45 bits per heavy atom. The van der Waals surface area contributed by atoms with Crippen molar-refractivity contribution in [3.05, 3.63) is 27.6 Å². The Bertz CT molecular complexity index is 594. The number of hydrogen-bond acceptors (Lipinski definition) is 5. The zero-order valence-corrected chi connectivity index (χ0v) is 13.1. The number of carbonyl (C=O) groups is 1. The van der Waals surface area contributed by atoms with E-state index < -0.39 is 0 Å². The van der Waals surface area contributed by atoms with Gasteiger partial charge < -0.3 is 9.15 Å². The molecule has 0 aliphatic heterocycles. The van der Waals surface area contributed by atoms with E-state index in [0.29, 0.717) is 41.7 Å². The van der Waals surface area contributed by atoms with Crippen molar-refractivity contribution in [1.82, 2.24) is 4.98 Å². The Morgan fingerprint density at radius 3 is 2.90 bits per heavy atom. The normalized spacial score (nSPS) is 10.8. The summed E-state index contributed by atoms with van der Waals surface area (Å²) in [7, 11) is 0. The summed E-state index contributed by atoms with van der Waals surface area (Å²) in [5.74, 6) is 0.455. The second-order valence-corrected chi connectivity index (χ2v) is 6.04. The van der Waals surface area contributed by atoms with Gasteiger partial charge in [0.15, 0.2) is 0 Å². The molecule has 7 heteroatoms. The van der Waals surface area contributed by atoms with Crippen LogP contribution < -0.4 is 0 Å². The topological polar surface area (TPSA) is 52.3 Å². The third kappa shape index (κ3) is 3.98. The first-order valence-electron chi connectivity index (χ1n) is 6.16. The van der Waals surface area contributed by atoms with Gasteiger partial charge >= 0.3 is 5.97 Å². The molecule has 0 fully saturated rings. The summed E-state index contributed by atoms with van der Waals surface area (Å²) < 4.78 is 10.9. The molecular formula is C13H13Cl2NO3S. The quantitative estimate of drug-likeness (QED) is 0.725. The molecule has 4 nitrogen and oxygen atoms in total. The van der Waals surface area contributed by atoms with Gasteiger partial charge in [0.25, 0.3) is 5.35 Å². The standard InChI is InChI=1S/C13H13Cl2NO3S/c1-2-18-11(17)5-3-4-8-12(16-13(15)19-8)9-6-7-10(14)20-9/h6-7H,2-5H2,1H3. The van der Waals surface area contributed by atoms with Gasteiger partial charge in [-0.1, -0.05) is 11.6 Å². The van der Waals surface area contributed by atoms with Crippen LogP contribution in [0.15, 0.2) is 16.5 Å². The van der Waals surface area contributed by atoms with Gasteiger partial charge in [0, 0.05) is 12.8 Å². The average molecular weight is 334 g/mol. The van der Waals surface area contributed by atoms with Crippen LogP contribution in [-0.2, 0) is 16.0 Å². The van der Waals surface area contributed by atoms with Gasteiger partial charge in [0.2, 0.25) is 0 Å². The van der Waals surface area contributed by atoms with Gasteiger partial charge in [0.1, 0.15) is 11.5 Å². The molecule has 108 valence electrons. The molecule has 0 aromatic carbocycles. The van der Waals surface area contributed by atoms with Gasteiger partial charge in [-0.05, 0) is 37.1 Å². The number of nitrogens with zero attached hydrogens (tertiary/aromatic N) is 1. The molecule has 0 bridgehead atoms. The van der Waals surface area contributed by atoms with Crippen LogP contribution in [0.2, 0.25) is 9.69 Å². The molecule has 0 atom stereocenters. The van der Waals surface area contributed by atoms with Crippen LogP contribution in [-0.4, -0.2) is 17.6 Å². The number of ether oxygens (including phenoxy) is 1. The van der Waals surface area contributed by atoms with Crippen molar-refractivity contribution in [2.75, 3.05) is 6.61 Å². The van der Waals surface area contributed by atoms with Crippen molar-refractivity contribution in [2.45, 2.75) is 26.2 Å². The summed E-state index contributed by atoms with van der Waals surface area (Å²) in [6, 6.07) is 3.67. The molecule has 0 aliphatic rings. The Kier molecular flexibility index (Phi) is 5.46. The first-order valence-corrected chi connectivity index (χ1v) is 7.74. The van der Waals surface area contributed by atoms with Gasteiger partial charge in [0.05, 0.1) is 15.8 Å². The highest BCUT2D eigenvalue weighted by Gasteiger charge is 2.16. The van der Waals surface area contributed by atoms with Crippen molar-refractivity contribution in [1.29, 1.82) is 0 Å². The molecule has 0 aliphatic carbocycles. The van der Waals surface area contributed by atoms with Crippen molar-refractivity contribution in [3.63, 3.8) is 0 Å². The molecule has 0 N–H and O–H groups in total. The SMILES string of the molecule is CCOC(=O)CCCc1oc(Cl)nc1-c1ccc(Cl)s1. The van der Waals surface area contributed by atoms with Gasteiger partial charge in [-0.15, -0.1) is 11.3 Å². The monoisotopic (exact) mass is 333 g/mol. The van der Waals surface area contributed by atoms with E-state index in [4.69, 9.17) is 32.4 Å². The highest BCUT2D eigenvalue weighted by atomic mass is 35.5. The van der Waals surface area contributed by atoms with E-state index in [2.05, 4.69) is 4.98 Å². The first kappa shape index (κ1) is 15.4. The van der Waals surface area contributed by atoms with E-state index in [9.17, 15) is 4.79 Å². The lowest BCUT2D eigenvalue weighted by Gasteiger charge is -2.01. The summed E-state index contributed by atoms with van der Waals surface area (Å²) in [5, 5.41) is 0.0932.